The van der Waals surface area contributed by atoms with Crippen molar-refractivity contribution >= 4 is 23.3 Å². The molecular formula is C13H19ClN4O. The molecule has 2 rings (SSSR count). The van der Waals surface area contributed by atoms with Crippen LogP contribution in [0.25, 0.3) is 0 Å². The van der Waals surface area contributed by atoms with Gasteiger partial charge in [0.1, 0.15) is 0 Å². The highest BCUT2D eigenvalue weighted by Gasteiger charge is 2.37. The van der Waals surface area contributed by atoms with Gasteiger partial charge in [0.05, 0.1) is 5.41 Å². The van der Waals surface area contributed by atoms with Crippen LogP contribution in [0.1, 0.15) is 38.5 Å². The lowest BCUT2D eigenvalue weighted by molar-refractivity contribution is -0.125. The minimum atomic E-state index is -0.460. The highest BCUT2D eigenvalue weighted by Crippen LogP contribution is 2.35. The Kier molecular flexibility index (Phi) is 4.71. The van der Waals surface area contributed by atoms with Crippen molar-refractivity contribution in [3.8, 4) is 0 Å². The maximum absolute atomic E-state index is 12.5. The Morgan fingerprint density at radius 1 is 1.26 bits per heavy atom. The third-order valence-electron chi connectivity index (χ3n) is 3.81. The average Bonchev–Trinajstić information content (AvgIpc) is 2.67. The number of anilines is 1. The molecule has 3 N–H and O–H groups in total. The summed E-state index contributed by atoms with van der Waals surface area (Å²) in [6.45, 7) is 0.375. The van der Waals surface area contributed by atoms with Crippen LogP contribution in [-0.4, -0.2) is 22.6 Å². The number of nitrogens with two attached hydrogens (primary N) is 1. The number of hydrogen-bond acceptors (Lipinski definition) is 4. The van der Waals surface area contributed by atoms with E-state index in [1.54, 1.807) is 12.1 Å². The Hall–Kier alpha value is -1.20. The average molecular weight is 283 g/mol. The predicted molar refractivity (Wildman–Crippen MR) is 74.9 cm³/mol. The molecule has 19 heavy (non-hydrogen) atoms. The van der Waals surface area contributed by atoms with E-state index in [2.05, 4.69) is 15.5 Å². The molecule has 0 aromatic carbocycles. The van der Waals surface area contributed by atoms with Gasteiger partial charge in [-0.05, 0) is 25.0 Å². The summed E-state index contributed by atoms with van der Waals surface area (Å²) in [5, 5.41) is 10.7. The summed E-state index contributed by atoms with van der Waals surface area (Å²) >= 11 is 5.67. The van der Waals surface area contributed by atoms with Crippen molar-refractivity contribution < 1.29 is 4.79 Å². The summed E-state index contributed by atoms with van der Waals surface area (Å²) in [5.74, 6) is 0.375. The van der Waals surface area contributed by atoms with Crippen molar-refractivity contribution in [2.75, 3.05) is 11.9 Å². The van der Waals surface area contributed by atoms with Crippen LogP contribution in [0.3, 0.4) is 0 Å². The third-order valence-corrected chi connectivity index (χ3v) is 4.01. The van der Waals surface area contributed by atoms with Crippen molar-refractivity contribution in [3.05, 3.63) is 17.3 Å². The minimum Gasteiger partial charge on any atom is -0.329 e. The van der Waals surface area contributed by atoms with E-state index in [9.17, 15) is 4.79 Å². The Morgan fingerprint density at radius 2 is 1.95 bits per heavy atom. The number of carbonyl (C=O) groups is 1. The monoisotopic (exact) mass is 282 g/mol. The molecule has 0 radical (unpaired) electrons. The second-order valence-corrected chi connectivity index (χ2v) is 5.48. The number of aromatic nitrogens is 2. The van der Waals surface area contributed by atoms with Crippen LogP contribution < -0.4 is 11.1 Å². The van der Waals surface area contributed by atoms with Crippen molar-refractivity contribution in [1.29, 1.82) is 0 Å². The van der Waals surface area contributed by atoms with E-state index in [4.69, 9.17) is 17.3 Å². The first-order valence-corrected chi connectivity index (χ1v) is 7.05. The Morgan fingerprint density at radius 3 is 2.47 bits per heavy atom. The van der Waals surface area contributed by atoms with Crippen LogP contribution in [0.15, 0.2) is 12.1 Å². The van der Waals surface area contributed by atoms with Crippen LogP contribution in [0, 0.1) is 5.41 Å². The lowest BCUT2D eigenvalue weighted by atomic mass is 9.79. The topological polar surface area (TPSA) is 80.9 Å². The molecule has 6 heteroatoms. The number of carbonyl (C=O) groups excluding carboxylic acids is 1. The van der Waals surface area contributed by atoms with E-state index in [0.29, 0.717) is 17.5 Å². The number of nitrogens with one attached hydrogen (secondary N) is 1. The van der Waals surface area contributed by atoms with Crippen LogP contribution >= 0.6 is 11.6 Å². The standard InChI is InChI=1S/C13H19ClN4O/c14-10-5-6-11(18-17-10)16-12(19)13(9-15)7-3-1-2-4-8-13/h5-6H,1-4,7-9,15H2,(H,16,18,19). The summed E-state index contributed by atoms with van der Waals surface area (Å²) in [6.07, 6.45) is 6.14. The third kappa shape index (κ3) is 3.42. The molecule has 1 aliphatic rings. The molecular weight excluding hydrogens is 264 g/mol. The van der Waals surface area contributed by atoms with Gasteiger partial charge < -0.3 is 11.1 Å². The lowest BCUT2D eigenvalue weighted by Crippen LogP contribution is -2.42. The van der Waals surface area contributed by atoms with Crippen LogP contribution in [0.2, 0.25) is 5.15 Å². The number of rotatable bonds is 3. The molecule has 0 unspecified atom stereocenters. The molecule has 5 nitrogen and oxygen atoms in total. The summed E-state index contributed by atoms with van der Waals surface area (Å²) in [6, 6.07) is 3.25. The van der Waals surface area contributed by atoms with Gasteiger partial charge in [-0.25, -0.2) is 0 Å². The zero-order chi connectivity index (χ0) is 13.7. The summed E-state index contributed by atoms with van der Waals surface area (Å²) in [7, 11) is 0. The smallest absolute Gasteiger partial charge is 0.233 e. The van der Waals surface area contributed by atoms with E-state index >= 15 is 0 Å². The molecule has 1 aromatic heterocycles. The maximum Gasteiger partial charge on any atom is 0.233 e. The molecule has 1 fully saturated rings. The Bertz CT molecular complexity index is 427. The van der Waals surface area contributed by atoms with Gasteiger partial charge in [-0.15, -0.1) is 10.2 Å². The van der Waals surface area contributed by atoms with Crippen molar-refractivity contribution in [3.63, 3.8) is 0 Å². The molecule has 0 atom stereocenters. The van der Waals surface area contributed by atoms with E-state index in [0.717, 1.165) is 25.7 Å². The van der Waals surface area contributed by atoms with Crippen LogP contribution in [0.4, 0.5) is 5.82 Å². The first-order chi connectivity index (χ1) is 9.16. The maximum atomic E-state index is 12.5. The van der Waals surface area contributed by atoms with Crippen LogP contribution in [0.5, 0.6) is 0 Å². The zero-order valence-corrected chi connectivity index (χ0v) is 11.6. The van der Waals surface area contributed by atoms with E-state index in [-0.39, 0.29) is 5.91 Å². The fourth-order valence-electron chi connectivity index (χ4n) is 2.56. The van der Waals surface area contributed by atoms with Gasteiger partial charge in [-0.3, -0.25) is 4.79 Å². The summed E-state index contributed by atoms with van der Waals surface area (Å²) < 4.78 is 0. The molecule has 1 heterocycles. The number of halogens is 1. The largest absolute Gasteiger partial charge is 0.329 e. The van der Waals surface area contributed by atoms with Crippen molar-refractivity contribution in [1.82, 2.24) is 10.2 Å². The molecule has 1 aliphatic carbocycles. The van der Waals surface area contributed by atoms with Gasteiger partial charge in [-0.1, -0.05) is 37.3 Å². The number of nitrogens with zero attached hydrogens (tertiary/aromatic N) is 2. The second-order valence-electron chi connectivity index (χ2n) is 5.09. The molecule has 0 spiro atoms. The predicted octanol–water partition coefficient (Wildman–Crippen LogP) is 2.37. The molecule has 0 aliphatic heterocycles. The summed E-state index contributed by atoms with van der Waals surface area (Å²) in [5.41, 5.74) is 5.41. The molecule has 104 valence electrons. The van der Waals surface area contributed by atoms with Gasteiger partial charge in [0.15, 0.2) is 11.0 Å². The van der Waals surface area contributed by atoms with Gasteiger partial charge in [0.2, 0.25) is 5.91 Å². The minimum absolute atomic E-state index is 0.0477. The van der Waals surface area contributed by atoms with E-state index < -0.39 is 5.41 Å². The van der Waals surface area contributed by atoms with Crippen molar-refractivity contribution in [2.45, 2.75) is 38.5 Å². The SMILES string of the molecule is NCC1(C(=O)Nc2ccc(Cl)nn2)CCCCCC1. The first-order valence-electron chi connectivity index (χ1n) is 6.67. The van der Waals surface area contributed by atoms with E-state index in [1.807, 2.05) is 0 Å². The molecule has 1 aromatic rings. The summed E-state index contributed by atoms with van der Waals surface area (Å²) in [4.78, 5) is 12.5. The van der Waals surface area contributed by atoms with Crippen LogP contribution in [-0.2, 0) is 4.79 Å². The number of hydrogen-bond donors (Lipinski definition) is 2. The molecule has 1 saturated carbocycles. The van der Waals surface area contributed by atoms with Crippen molar-refractivity contribution in [2.24, 2.45) is 11.1 Å². The Labute approximate surface area is 117 Å². The fraction of sp³-hybridized carbons (Fsp3) is 0.615. The van der Waals surface area contributed by atoms with Gasteiger partial charge in [-0.2, -0.15) is 0 Å². The number of amides is 1. The van der Waals surface area contributed by atoms with Gasteiger partial charge >= 0.3 is 0 Å². The van der Waals surface area contributed by atoms with E-state index in [1.165, 1.54) is 12.8 Å². The molecule has 0 saturated heterocycles. The lowest BCUT2D eigenvalue weighted by Gasteiger charge is -2.29. The van der Waals surface area contributed by atoms with Gasteiger partial charge in [0.25, 0.3) is 0 Å². The zero-order valence-electron chi connectivity index (χ0n) is 10.9. The quantitative estimate of drug-likeness (QED) is 0.834. The highest BCUT2D eigenvalue weighted by atomic mass is 35.5. The molecule has 1 amide bonds. The van der Waals surface area contributed by atoms with Gasteiger partial charge in [0, 0.05) is 6.54 Å². The molecule has 0 bridgehead atoms. The fourth-order valence-corrected chi connectivity index (χ4v) is 2.66. The highest BCUT2D eigenvalue weighted by molar-refractivity contribution is 6.29. The first kappa shape index (κ1) is 14.2. The second kappa shape index (κ2) is 6.30. The normalized spacial score (nSPS) is 18.6. The Balaban J connectivity index is 2.09.